The van der Waals surface area contributed by atoms with E-state index in [1.54, 1.807) is 0 Å². The van der Waals surface area contributed by atoms with Crippen molar-refractivity contribution in [2.75, 3.05) is 33.2 Å². The molecule has 0 bridgehead atoms. The van der Waals surface area contributed by atoms with Crippen LogP contribution in [-0.4, -0.2) is 55.0 Å². The van der Waals surface area contributed by atoms with Gasteiger partial charge in [-0.3, -0.25) is 4.79 Å². The van der Waals surface area contributed by atoms with Crippen molar-refractivity contribution in [3.05, 3.63) is 0 Å². The van der Waals surface area contributed by atoms with Crippen LogP contribution in [0.3, 0.4) is 0 Å². The Balaban J connectivity index is 1.90. The van der Waals surface area contributed by atoms with Crippen LogP contribution in [0.4, 0.5) is 0 Å². The molecule has 0 aromatic carbocycles. The molecule has 2 fully saturated rings. The van der Waals surface area contributed by atoms with E-state index in [0.29, 0.717) is 11.8 Å². The molecule has 2 heterocycles. The summed E-state index contributed by atoms with van der Waals surface area (Å²) in [6, 6.07) is 0.273. The fourth-order valence-electron chi connectivity index (χ4n) is 2.76. The second-order valence-electron chi connectivity index (χ2n) is 5.46. The zero-order chi connectivity index (χ0) is 11.7. The van der Waals surface area contributed by atoms with Crippen molar-refractivity contribution in [2.24, 2.45) is 17.6 Å². The number of amides is 1. The van der Waals surface area contributed by atoms with Crippen molar-refractivity contribution < 1.29 is 4.79 Å². The Morgan fingerprint density at radius 3 is 2.56 bits per heavy atom. The highest BCUT2D eigenvalue weighted by molar-refractivity contribution is 5.79. The molecule has 2 N–H and O–H groups in total. The van der Waals surface area contributed by atoms with Gasteiger partial charge in [-0.05, 0) is 32.4 Å². The monoisotopic (exact) mass is 225 g/mol. The van der Waals surface area contributed by atoms with E-state index in [2.05, 4.69) is 18.9 Å². The molecule has 2 aliphatic rings. The van der Waals surface area contributed by atoms with Gasteiger partial charge in [-0.15, -0.1) is 0 Å². The molecule has 2 rings (SSSR count). The van der Waals surface area contributed by atoms with Crippen LogP contribution in [0.5, 0.6) is 0 Å². The van der Waals surface area contributed by atoms with Crippen LogP contribution >= 0.6 is 0 Å². The third kappa shape index (κ3) is 2.38. The van der Waals surface area contributed by atoms with Gasteiger partial charge >= 0.3 is 0 Å². The van der Waals surface area contributed by atoms with E-state index in [4.69, 9.17) is 5.73 Å². The van der Waals surface area contributed by atoms with Crippen LogP contribution in [0.1, 0.15) is 19.8 Å². The number of rotatable bonds is 1. The Kier molecular flexibility index (Phi) is 3.50. The SMILES string of the molecule is CC1CN(C(=O)C2CCN(C)C2)CCC1N. The molecule has 2 saturated heterocycles. The van der Waals surface area contributed by atoms with E-state index in [1.807, 2.05) is 4.90 Å². The van der Waals surface area contributed by atoms with Gasteiger partial charge in [0.15, 0.2) is 0 Å². The fraction of sp³-hybridized carbons (Fsp3) is 0.917. The topological polar surface area (TPSA) is 49.6 Å². The lowest BCUT2D eigenvalue weighted by molar-refractivity contribution is -0.137. The van der Waals surface area contributed by atoms with Crippen molar-refractivity contribution in [3.8, 4) is 0 Å². The first-order chi connectivity index (χ1) is 7.58. The summed E-state index contributed by atoms with van der Waals surface area (Å²) in [5, 5.41) is 0. The number of nitrogens with zero attached hydrogens (tertiary/aromatic N) is 2. The summed E-state index contributed by atoms with van der Waals surface area (Å²) in [4.78, 5) is 16.5. The number of hydrogen-bond donors (Lipinski definition) is 1. The van der Waals surface area contributed by atoms with Gasteiger partial charge in [0.05, 0.1) is 5.92 Å². The molecule has 0 aromatic rings. The molecule has 16 heavy (non-hydrogen) atoms. The third-order valence-electron chi connectivity index (χ3n) is 4.02. The maximum Gasteiger partial charge on any atom is 0.227 e. The van der Waals surface area contributed by atoms with Gasteiger partial charge < -0.3 is 15.5 Å². The summed E-state index contributed by atoms with van der Waals surface area (Å²) in [6.45, 7) is 5.82. The van der Waals surface area contributed by atoms with E-state index in [0.717, 1.165) is 39.0 Å². The number of carbonyl (C=O) groups is 1. The quantitative estimate of drug-likeness (QED) is 0.690. The summed E-state index contributed by atoms with van der Waals surface area (Å²) >= 11 is 0. The minimum atomic E-state index is 0.228. The van der Waals surface area contributed by atoms with Gasteiger partial charge in [0.1, 0.15) is 0 Å². The minimum absolute atomic E-state index is 0.228. The molecule has 3 unspecified atom stereocenters. The second kappa shape index (κ2) is 4.72. The molecule has 92 valence electrons. The lowest BCUT2D eigenvalue weighted by atomic mass is 9.93. The van der Waals surface area contributed by atoms with Crippen LogP contribution < -0.4 is 5.73 Å². The first kappa shape index (κ1) is 11.9. The standard InChI is InChI=1S/C12H23N3O/c1-9-7-15(6-4-11(9)13)12(16)10-3-5-14(2)8-10/h9-11H,3-8,13H2,1-2H3. The Hall–Kier alpha value is -0.610. The first-order valence-corrected chi connectivity index (χ1v) is 6.31. The maximum atomic E-state index is 12.3. The highest BCUT2D eigenvalue weighted by Crippen LogP contribution is 2.21. The van der Waals surface area contributed by atoms with Crippen molar-refractivity contribution in [1.82, 2.24) is 9.80 Å². The van der Waals surface area contributed by atoms with Crippen molar-refractivity contribution in [2.45, 2.75) is 25.8 Å². The molecule has 0 radical (unpaired) electrons. The Morgan fingerprint density at radius 1 is 1.25 bits per heavy atom. The van der Waals surface area contributed by atoms with Crippen LogP contribution in [0, 0.1) is 11.8 Å². The molecule has 1 amide bonds. The normalized spacial score (nSPS) is 36.7. The molecule has 0 spiro atoms. The fourth-order valence-corrected chi connectivity index (χ4v) is 2.76. The first-order valence-electron chi connectivity index (χ1n) is 6.31. The maximum absolute atomic E-state index is 12.3. The third-order valence-corrected chi connectivity index (χ3v) is 4.02. The molecule has 0 saturated carbocycles. The molecular formula is C12H23N3O. The lowest BCUT2D eigenvalue weighted by Crippen LogP contribution is -2.50. The van der Waals surface area contributed by atoms with Gasteiger partial charge in [-0.2, -0.15) is 0 Å². The van der Waals surface area contributed by atoms with Crippen molar-refractivity contribution in [1.29, 1.82) is 0 Å². The smallest absolute Gasteiger partial charge is 0.227 e. The number of nitrogens with two attached hydrogens (primary N) is 1. The Morgan fingerprint density at radius 2 is 2.00 bits per heavy atom. The Labute approximate surface area is 97.8 Å². The van der Waals surface area contributed by atoms with Gasteiger partial charge in [-0.1, -0.05) is 6.92 Å². The summed E-state index contributed by atoms with van der Waals surface area (Å²) in [5.74, 6) is 1.02. The molecule has 2 aliphatic heterocycles. The molecule has 4 nitrogen and oxygen atoms in total. The summed E-state index contributed by atoms with van der Waals surface area (Å²) < 4.78 is 0. The Bertz CT molecular complexity index is 269. The summed E-state index contributed by atoms with van der Waals surface area (Å²) in [5.41, 5.74) is 5.97. The second-order valence-corrected chi connectivity index (χ2v) is 5.46. The highest BCUT2D eigenvalue weighted by atomic mass is 16.2. The van der Waals surface area contributed by atoms with Crippen LogP contribution in [0.2, 0.25) is 0 Å². The van der Waals surface area contributed by atoms with E-state index in [-0.39, 0.29) is 12.0 Å². The molecular weight excluding hydrogens is 202 g/mol. The zero-order valence-electron chi connectivity index (χ0n) is 10.4. The van der Waals surface area contributed by atoms with Gasteiger partial charge in [0.2, 0.25) is 5.91 Å². The molecule has 4 heteroatoms. The zero-order valence-corrected chi connectivity index (χ0v) is 10.4. The largest absolute Gasteiger partial charge is 0.342 e. The number of carbonyl (C=O) groups excluding carboxylic acids is 1. The van der Waals surface area contributed by atoms with Crippen LogP contribution in [0.25, 0.3) is 0 Å². The van der Waals surface area contributed by atoms with Gasteiger partial charge in [0, 0.05) is 25.7 Å². The van der Waals surface area contributed by atoms with E-state index in [9.17, 15) is 4.79 Å². The number of hydrogen-bond acceptors (Lipinski definition) is 3. The van der Waals surface area contributed by atoms with Gasteiger partial charge in [0.25, 0.3) is 0 Å². The number of piperidine rings is 1. The average molecular weight is 225 g/mol. The van der Waals surface area contributed by atoms with Crippen LogP contribution in [-0.2, 0) is 4.79 Å². The van der Waals surface area contributed by atoms with E-state index < -0.39 is 0 Å². The highest BCUT2D eigenvalue weighted by Gasteiger charge is 2.33. The molecule has 3 atom stereocenters. The summed E-state index contributed by atoms with van der Waals surface area (Å²) in [7, 11) is 2.09. The molecule has 0 aromatic heterocycles. The van der Waals surface area contributed by atoms with Crippen molar-refractivity contribution >= 4 is 5.91 Å². The van der Waals surface area contributed by atoms with Crippen LogP contribution in [0.15, 0.2) is 0 Å². The summed E-state index contributed by atoms with van der Waals surface area (Å²) in [6.07, 6.45) is 1.97. The van der Waals surface area contributed by atoms with Crippen molar-refractivity contribution in [3.63, 3.8) is 0 Å². The lowest BCUT2D eigenvalue weighted by Gasteiger charge is -2.36. The molecule has 0 aliphatic carbocycles. The van der Waals surface area contributed by atoms with E-state index in [1.165, 1.54) is 0 Å². The minimum Gasteiger partial charge on any atom is -0.342 e. The number of likely N-dealkylation sites (tertiary alicyclic amines) is 2. The van der Waals surface area contributed by atoms with E-state index >= 15 is 0 Å². The predicted octanol–water partition coefficient (Wildman–Crippen LogP) is 0.134. The van der Waals surface area contributed by atoms with Gasteiger partial charge in [-0.25, -0.2) is 0 Å². The average Bonchev–Trinajstić information content (AvgIpc) is 2.68. The predicted molar refractivity (Wildman–Crippen MR) is 63.9 cm³/mol.